The summed E-state index contributed by atoms with van der Waals surface area (Å²) in [4.78, 5) is 14.9. The summed E-state index contributed by atoms with van der Waals surface area (Å²) >= 11 is 0. The first-order valence-corrected chi connectivity index (χ1v) is 6.56. The number of carbonyl (C=O) groups excluding carboxylic acids is 1. The fourth-order valence-corrected chi connectivity index (χ4v) is 2.18. The maximum Gasteiger partial charge on any atom is 0.317 e. The van der Waals surface area contributed by atoms with Crippen LogP contribution >= 0.6 is 0 Å². The molecule has 0 aliphatic carbocycles. The molecule has 0 aromatic heterocycles. The molecule has 0 saturated carbocycles. The Bertz CT molecular complexity index is 543. The molecule has 1 saturated heterocycles. The quantitative estimate of drug-likeness (QED) is 0.685. The third-order valence-corrected chi connectivity index (χ3v) is 3.32. The Hall–Kier alpha value is -2.18. The Kier molecular flexibility index (Phi) is 4.72. The van der Waals surface area contributed by atoms with Crippen molar-refractivity contribution in [2.75, 3.05) is 37.6 Å². The zero-order valence-corrected chi connectivity index (χ0v) is 11.4. The van der Waals surface area contributed by atoms with Crippen molar-refractivity contribution in [1.29, 1.82) is 0 Å². The average Bonchev–Trinajstić information content (AvgIpc) is 2.51. The first-order chi connectivity index (χ1) is 10.0. The van der Waals surface area contributed by atoms with Crippen LogP contribution in [-0.2, 0) is 0 Å². The van der Waals surface area contributed by atoms with Crippen molar-refractivity contribution in [3.05, 3.63) is 42.2 Å². The molecule has 1 aliphatic heterocycles. The van der Waals surface area contributed by atoms with Gasteiger partial charge in [0.1, 0.15) is 0 Å². The van der Waals surface area contributed by atoms with Crippen LogP contribution in [0.4, 0.5) is 23.7 Å². The zero-order valence-electron chi connectivity index (χ0n) is 11.4. The molecule has 1 aliphatic rings. The molecule has 0 unspecified atom stereocenters. The summed E-state index contributed by atoms with van der Waals surface area (Å²) in [6, 6.07) is 1.89. The number of benzene rings is 1. The Morgan fingerprint density at radius 3 is 2.48 bits per heavy atom. The molecule has 0 atom stereocenters. The van der Waals surface area contributed by atoms with Gasteiger partial charge in [0.25, 0.3) is 0 Å². The summed E-state index contributed by atoms with van der Waals surface area (Å²) in [6.07, 6.45) is 1.57. The Labute approximate surface area is 120 Å². The minimum absolute atomic E-state index is 0.0139. The molecule has 0 bridgehead atoms. The normalized spacial score (nSPS) is 15.0. The number of nitrogens with zero attached hydrogens (tertiary/aromatic N) is 2. The summed E-state index contributed by atoms with van der Waals surface area (Å²) < 4.78 is 39.8. The predicted molar refractivity (Wildman–Crippen MR) is 73.7 cm³/mol. The van der Waals surface area contributed by atoms with Crippen LogP contribution in [0.15, 0.2) is 24.8 Å². The van der Waals surface area contributed by atoms with Gasteiger partial charge >= 0.3 is 6.03 Å². The summed E-state index contributed by atoms with van der Waals surface area (Å²) in [6.45, 7) is 5.33. The molecule has 4 nitrogen and oxygen atoms in total. The van der Waals surface area contributed by atoms with E-state index in [2.05, 4.69) is 11.9 Å². The van der Waals surface area contributed by atoms with Crippen LogP contribution in [0, 0.1) is 17.5 Å². The van der Waals surface area contributed by atoms with Gasteiger partial charge in [0, 0.05) is 32.7 Å². The highest BCUT2D eigenvalue weighted by molar-refractivity contribution is 5.74. The van der Waals surface area contributed by atoms with Crippen LogP contribution in [0.2, 0.25) is 0 Å². The van der Waals surface area contributed by atoms with E-state index in [1.165, 1.54) is 6.07 Å². The highest BCUT2D eigenvalue weighted by atomic mass is 19.2. The van der Waals surface area contributed by atoms with Gasteiger partial charge in [-0.25, -0.2) is 18.0 Å². The summed E-state index contributed by atoms with van der Waals surface area (Å²) in [7, 11) is 0. The number of urea groups is 1. The summed E-state index contributed by atoms with van der Waals surface area (Å²) in [5.74, 6) is -3.88. The second kappa shape index (κ2) is 6.51. The molecule has 7 heteroatoms. The Balaban J connectivity index is 2.00. The average molecular weight is 299 g/mol. The fraction of sp³-hybridized carbons (Fsp3) is 0.357. The van der Waals surface area contributed by atoms with E-state index in [1.54, 1.807) is 15.9 Å². The molecule has 2 rings (SSSR count). The van der Waals surface area contributed by atoms with E-state index in [-0.39, 0.29) is 11.7 Å². The van der Waals surface area contributed by atoms with Crippen LogP contribution in [-0.4, -0.2) is 43.7 Å². The molecule has 1 N–H and O–H groups in total. The minimum atomic E-state index is -1.47. The zero-order chi connectivity index (χ0) is 15.4. The second-order valence-corrected chi connectivity index (χ2v) is 4.64. The molecule has 1 heterocycles. The summed E-state index contributed by atoms with van der Waals surface area (Å²) in [5.41, 5.74) is 0.0139. The van der Waals surface area contributed by atoms with Gasteiger partial charge in [-0.2, -0.15) is 0 Å². The number of nitrogens with one attached hydrogen (secondary N) is 1. The number of hydrogen-bond donors (Lipinski definition) is 1. The lowest BCUT2D eigenvalue weighted by molar-refractivity contribution is 0.195. The predicted octanol–water partition coefficient (Wildman–Crippen LogP) is 2.12. The number of anilines is 1. The molecule has 0 radical (unpaired) electrons. The van der Waals surface area contributed by atoms with Crippen molar-refractivity contribution in [1.82, 2.24) is 10.2 Å². The minimum Gasteiger partial charge on any atom is -0.366 e. The number of carbonyl (C=O) groups is 1. The van der Waals surface area contributed by atoms with Crippen molar-refractivity contribution >= 4 is 11.7 Å². The molecule has 1 aromatic rings. The Morgan fingerprint density at radius 1 is 1.19 bits per heavy atom. The SMILES string of the molecule is C=CCNC(=O)N1CCN(c2ccc(F)c(F)c2F)CC1. The third-order valence-electron chi connectivity index (χ3n) is 3.32. The van der Waals surface area contributed by atoms with Crippen molar-refractivity contribution in [3.8, 4) is 0 Å². The maximum absolute atomic E-state index is 13.7. The van der Waals surface area contributed by atoms with Gasteiger partial charge in [0.15, 0.2) is 17.5 Å². The highest BCUT2D eigenvalue weighted by Gasteiger charge is 2.24. The lowest BCUT2D eigenvalue weighted by atomic mass is 10.2. The first-order valence-electron chi connectivity index (χ1n) is 6.56. The molecule has 21 heavy (non-hydrogen) atoms. The van der Waals surface area contributed by atoms with Crippen molar-refractivity contribution < 1.29 is 18.0 Å². The molecule has 0 spiro atoms. The number of piperazine rings is 1. The van der Waals surface area contributed by atoms with Gasteiger partial charge in [-0.15, -0.1) is 6.58 Å². The van der Waals surface area contributed by atoms with E-state index in [0.29, 0.717) is 32.7 Å². The van der Waals surface area contributed by atoms with Crippen molar-refractivity contribution in [3.63, 3.8) is 0 Å². The van der Waals surface area contributed by atoms with Gasteiger partial charge in [-0.05, 0) is 12.1 Å². The molecule has 1 fully saturated rings. The van der Waals surface area contributed by atoms with Gasteiger partial charge in [-0.1, -0.05) is 6.08 Å². The van der Waals surface area contributed by atoms with Gasteiger partial charge in [0.05, 0.1) is 5.69 Å². The monoisotopic (exact) mass is 299 g/mol. The van der Waals surface area contributed by atoms with E-state index in [0.717, 1.165) is 6.07 Å². The van der Waals surface area contributed by atoms with Gasteiger partial charge in [0.2, 0.25) is 0 Å². The standard InChI is InChI=1S/C14H16F3N3O/c1-2-5-18-14(21)20-8-6-19(7-9-20)11-4-3-10(15)12(16)13(11)17/h2-4H,1,5-9H2,(H,18,21). The van der Waals surface area contributed by atoms with E-state index in [4.69, 9.17) is 0 Å². The third kappa shape index (κ3) is 3.29. The fourth-order valence-electron chi connectivity index (χ4n) is 2.18. The van der Waals surface area contributed by atoms with Gasteiger partial charge in [-0.3, -0.25) is 0 Å². The molecule has 2 amide bonds. The second-order valence-electron chi connectivity index (χ2n) is 4.64. The molecule has 1 aromatic carbocycles. The highest BCUT2D eigenvalue weighted by Crippen LogP contribution is 2.24. The largest absolute Gasteiger partial charge is 0.366 e. The number of rotatable bonds is 3. The van der Waals surface area contributed by atoms with E-state index in [1.807, 2.05) is 0 Å². The van der Waals surface area contributed by atoms with Crippen LogP contribution in [0.3, 0.4) is 0 Å². The topological polar surface area (TPSA) is 35.6 Å². The molecular weight excluding hydrogens is 283 g/mol. The lowest BCUT2D eigenvalue weighted by Gasteiger charge is -2.36. The van der Waals surface area contributed by atoms with Crippen LogP contribution in [0.1, 0.15) is 0 Å². The van der Waals surface area contributed by atoms with E-state index in [9.17, 15) is 18.0 Å². The van der Waals surface area contributed by atoms with Gasteiger partial charge < -0.3 is 15.1 Å². The Morgan fingerprint density at radius 2 is 1.86 bits per heavy atom. The number of hydrogen-bond acceptors (Lipinski definition) is 2. The number of halogens is 3. The number of amides is 2. The van der Waals surface area contributed by atoms with Crippen molar-refractivity contribution in [2.45, 2.75) is 0 Å². The van der Waals surface area contributed by atoms with Crippen LogP contribution < -0.4 is 10.2 Å². The first kappa shape index (κ1) is 15.2. The molecular formula is C14H16F3N3O. The van der Waals surface area contributed by atoms with Crippen LogP contribution in [0.25, 0.3) is 0 Å². The van der Waals surface area contributed by atoms with Crippen molar-refractivity contribution in [2.24, 2.45) is 0 Å². The maximum atomic E-state index is 13.7. The summed E-state index contributed by atoms with van der Waals surface area (Å²) in [5, 5.41) is 2.65. The molecule has 114 valence electrons. The van der Waals surface area contributed by atoms with E-state index >= 15 is 0 Å². The van der Waals surface area contributed by atoms with E-state index < -0.39 is 17.5 Å². The smallest absolute Gasteiger partial charge is 0.317 e. The van der Waals surface area contributed by atoms with Crippen LogP contribution in [0.5, 0.6) is 0 Å². The lowest BCUT2D eigenvalue weighted by Crippen LogP contribution is -2.52.